The van der Waals surface area contributed by atoms with Crippen LogP contribution in [0.5, 0.6) is 0 Å². The van der Waals surface area contributed by atoms with Crippen molar-refractivity contribution >= 4 is 52.2 Å². The van der Waals surface area contributed by atoms with Crippen LogP contribution in [0, 0.1) is 107 Å². The summed E-state index contributed by atoms with van der Waals surface area (Å²) in [7, 11) is 7.09. The quantitative estimate of drug-likeness (QED) is 0.0515. The number of halogens is 4. The Bertz CT molecular complexity index is 5660. The van der Waals surface area contributed by atoms with Gasteiger partial charge in [0, 0.05) is 146 Å². The first kappa shape index (κ1) is 99.3. The Morgan fingerprint density at radius 2 is 0.779 bits per heavy atom. The summed E-state index contributed by atoms with van der Waals surface area (Å²) in [6, 6.07) is 12.8. The predicted molar refractivity (Wildman–Crippen MR) is 519 cm³/mol. The molecule has 22 rings (SSSR count). The zero-order valence-electron chi connectivity index (χ0n) is 83.2. The number of carbonyl (C=O) groups excluding carboxylic acids is 1. The Labute approximate surface area is 819 Å². The van der Waals surface area contributed by atoms with Crippen molar-refractivity contribution < 1.29 is 81.5 Å². The number of hydrogen-bond acceptors (Lipinski definition) is 21. The molecule has 4 aromatic rings. The predicted octanol–water partition coefficient (Wildman–Crippen LogP) is 18.6. The molecule has 25 heteroatoms. The minimum absolute atomic E-state index is 0.00687. The zero-order valence-corrected chi connectivity index (χ0v) is 86.3. The molecule has 2 saturated heterocycles. The number of ether oxygens (including phenoxy) is 6. The first-order valence-electron chi connectivity index (χ1n) is 49.8. The summed E-state index contributed by atoms with van der Waals surface area (Å²) < 4.78 is 57.6. The van der Waals surface area contributed by atoms with Crippen LogP contribution < -0.4 is 22.5 Å². The highest BCUT2D eigenvalue weighted by molar-refractivity contribution is 6.26. The highest BCUT2D eigenvalue weighted by atomic mass is 35.5. The lowest BCUT2D eigenvalue weighted by atomic mass is 9.42. The van der Waals surface area contributed by atoms with Crippen LogP contribution in [0.3, 0.4) is 0 Å². The molecule has 0 radical (unpaired) electrons. The summed E-state index contributed by atoms with van der Waals surface area (Å²) >= 11 is 28.8. The number of carbonyl (C=O) groups is 1. The number of fused-ring (bicyclic) bond motifs is 24. The van der Waals surface area contributed by atoms with Crippen LogP contribution >= 0.6 is 46.4 Å². The van der Waals surface area contributed by atoms with Gasteiger partial charge in [-0.05, 0) is 236 Å². The van der Waals surface area contributed by atoms with E-state index >= 15 is 0 Å². The number of epoxide rings is 2. The van der Waals surface area contributed by atoms with Crippen molar-refractivity contribution in [1.82, 2.24) is 0 Å². The standard InChI is InChI=1S/2C28H37ClO6.C28H37ClO5.C27H33ClO4/c1-24(2)18-9-8-16-17(28(18,33-6)23-20(35-23)22(24)32-5)11-12-25(3)21(15-7-10-19(30)34-13-15)26(4,29)14-27(16,25)31;1-24(2)18-8-7-17-16(27(18,14-30)23-20(35-23)22(24)33-5)10-11-25(3)21(15-6-9-19(31)34-12-15)26(4,29)13-28(17,25)32;1-24(2)19-9-8-17-18(25(19,3)12-11-21(24)33-6)13-20(30)27(5)23(16-7-10-22(31)34-14-16)26(4,29)15-28(17,27)32;1-23(2)19-8-7-18-17(24(19,3)12-11-20(23)29)10-13-25(4)22(16-6-9-21(30)32-14-16)26(5,28)15-27(18,25)31/h7-8,10,13,17-18,20-23,31H,9,11-12,14H2,1-6H3;6-7,9,12,16,18,20-23,30,32H,8,10-11,13-14H2,1-5H3;7-8,10-12,14,18-21,23,30,32H,9,13,15H2,1-6H3;6-7,9,11-12,14,17,19,22,31H,8,10,13,15H2,1-5H3/t17-,18-,20+,21+,22-,23+,25+,26?,27-,28-;16-,18-,20+,21+,22-,23+,25+,26?,27+,28-;18-,19-,20+,21-,23-,25+,26?,27+,28-;17-,19-,22+,24+,25+,26?,27-/m0000/s1. The summed E-state index contributed by atoms with van der Waals surface area (Å²) in [6.07, 6.45) is 32.6. The van der Waals surface area contributed by atoms with Crippen molar-refractivity contribution in [3.05, 3.63) is 208 Å². The molecule has 742 valence electrons. The Morgan fingerprint density at radius 1 is 0.412 bits per heavy atom. The molecular weight excluding hydrogens is 1810 g/mol. The van der Waals surface area contributed by atoms with Crippen molar-refractivity contribution in [1.29, 1.82) is 0 Å². The van der Waals surface area contributed by atoms with Crippen LogP contribution in [0.4, 0.5) is 0 Å². The topological polar surface area (TPSA) is 321 Å². The summed E-state index contributed by atoms with van der Waals surface area (Å²) in [5.41, 5.74) is -3.38. The number of alkyl halides is 4. The molecule has 6 N–H and O–H groups in total. The molecule has 16 aliphatic carbocycles. The highest BCUT2D eigenvalue weighted by Gasteiger charge is 2.82. The van der Waals surface area contributed by atoms with Gasteiger partial charge >= 0.3 is 22.5 Å². The minimum atomic E-state index is -1.28. The molecule has 21 nitrogen and oxygen atoms in total. The molecule has 18 aliphatic rings. The second kappa shape index (κ2) is 31.8. The van der Waals surface area contributed by atoms with Crippen LogP contribution in [0.15, 0.2) is 181 Å². The summed E-state index contributed by atoms with van der Waals surface area (Å²) in [5, 5.41) is 73.1. The fourth-order valence-corrected chi connectivity index (χ4v) is 38.5. The average Bonchev–Trinajstić information content (AvgIpc) is 1.49. The lowest BCUT2D eigenvalue weighted by Crippen LogP contribution is -2.68. The van der Waals surface area contributed by atoms with Gasteiger partial charge in [0.1, 0.15) is 23.9 Å². The Kier molecular flexibility index (Phi) is 23.2. The molecule has 10 saturated carbocycles. The van der Waals surface area contributed by atoms with Gasteiger partial charge in [-0.1, -0.05) is 139 Å². The minimum Gasteiger partial charge on any atom is -0.431 e. The molecule has 0 amide bonds. The fraction of sp³-hybridized carbons (Fsp3) is 0.703. The smallest absolute Gasteiger partial charge is 0.335 e. The van der Waals surface area contributed by atoms with Crippen molar-refractivity contribution in [2.75, 3.05) is 35.0 Å². The summed E-state index contributed by atoms with van der Waals surface area (Å²) in [6.45, 7) is 38.5. The van der Waals surface area contributed by atoms with Gasteiger partial charge in [-0.2, -0.15) is 0 Å². The van der Waals surface area contributed by atoms with E-state index in [9.17, 15) is 54.6 Å². The van der Waals surface area contributed by atoms with E-state index in [4.69, 9.17) is 92.5 Å². The van der Waals surface area contributed by atoms with Crippen LogP contribution in [0.25, 0.3) is 0 Å². The van der Waals surface area contributed by atoms with E-state index in [0.717, 1.165) is 109 Å². The molecule has 36 atom stereocenters. The van der Waals surface area contributed by atoms with Crippen LogP contribution in [-0.2, 0) is 33.2 Å². The van der Waals surface area contributed by atoms with E-state index in [2.05, 4.69) is 133 Å². The van der Waals surface area contributed by atoms with Gasteiger partial charge in [0.2, 0.25) is 0 Å². The molecule has 4 aromatic heterocycles. The normalized spacial score (nSPS) is 49.8. The third-order valence-corrected chi connectivity index (χ3v) is 43.4. The van der Waals surface area contributed by atoms with Gasteiger partial charge in [0.15, 0.2) is 5.78 Å². The fourth-order valence-electron chi connectivity index (χ4n) is 36.3. The molecule has 6 heterocycles. The van der Waals surface area contributed by atoms with Gasteiger partial charge < -0.3 is 76.7 Å². The van der Waals surface area contributed by atoms with Crippen LogP contribution in [0.2, 0.25) is 0 Å². The number of methoxy groups -OCH3 is 4. The lowest BCUT2D eigenvalue weighted by Gasteiger charge is -2.62. The van der Waals surface area contributed by atoms with Crippen LogP contribution in [0.1, 0.15) is 267 Å². The number of aliphatic hydroxyl groups is 6. The number of rotatable bonds is 9. The molecule has 136 heavy (non-hydrogen) atoms. The maximum absolute atomic E-state index is 12.7. The van der Waals surface area contributed by atoms with Crippen LogP contribution in [-0.4, -0.2) is 168 Å². The molecule has 4 unspecified atom stereocenters. The van der Waals surface area contributed by atoms with Gasteiger partial charge in [-0.15, -0.1) is 46.4 Å². The molecular formula is C111H144Cl4O21. The van der Waals surface area contributed by atoms with E-state index in [-0.39, 0.29) is 153 Å². The van der Waals surface area contributed by atoms with E-state index < -0.39 is 103 Å². The maximum atomic E-state index is 12.7. The van der Waals surface area contributed by atoms with Gasteiger partial charge in [-0.25, -0.2) is 19.2 Å². The Balaban J connectivity index is 0.000000116. The van der Waals surface area contributed by atoms with Gasteiger partial charge in [0.05, 0.1) is 104 Å². The monoisotopic (exact) mass is 1950 g/mol. The van der Waals surface area contributed by atoms with Gasteiger partial charge in [-0.3, -0.25) is 4.79 Å². The van der Waals surface area contributed by atoms with E-state index in [0.29, 0.717) is 38.0 Å². The first-order chi connectivity index (χ1) is 63.3. The number of ketones is 1. The van der Waals surface area contributed by atoms with Gasteiger partial charge in [0.25, 0.3) is 0 Å². The zero-order chi connectivity index (χ0) is 98.6. The number of hydrogen-bond donors (Lipinski definition) is 6. The third-order valence-electron chi connectivity index (χ3n) is 42.0. The van der Waals surface area contributed by atoms with Crippen molar-refractivity contribution in [3.63, 3.8) is 0 Å². The SMILES string of the molecule is CC1(Cl)C[C@]2(O)C3=CC[C@H]4C(C)(C)C(=O)C=C[C@]4(C)[C@H]3CC[C@]2(C)[C@H]1c1ccc(=O)oc1.CO[C@H]1C=C[C@]2(C)[C@H]3C[C@@H](O)[C@]4(C)[C@@H](c5ccc(=O)oc5)C(C)(Cl)C[C@]4(O)C3=CC[C@H]2C1(C)C.CO[C@H]1[C@H]2O[C@H]2[C@]2(CO)[C@H]3CC[C@]4(C)[C@@H](c5ccc(=O)oc5)C(C)(Cl)C[C@]4(O)C3=CC[C@H]2C1(C)C.CO[C@H]1[C@H]2O[C@H]2[C@]2(OC)[C@H]3CC[C@]4(C)[C@@H](c5ccc(=O)oc5)C(C)(Cl)C[C@]4(O)C3=CC[C@H]2C1(C)C. The molecule has 12 fully saturated rings. The van der Waals surface area contributed by atoms with Crippen molar-refractivity contribution in [2.24, 2.45) is 107 Å². The second-order valence-corrected chi connectivity index (χ2v) is 53.2. The third kappa shape index (κ3) is 13.2. The molecule has 0 bridgehead atoms. The van der Waals surface area contributed by atoms with E-state index in [1.165, 1.54) is 49.3 Å². The largest absolute Gasteiger partial charge is 0.431 e. The van der Waals surface area contributed by atoms with Crippen molar-refractivity contribution in [2.45, 2.75) is 341 Å². The van der Waals surface area contributed by atoms with E-state index in [1.807, 2.05) is 41.7 Å². The lowest BCUT2D eigenvalue weighted by molar-refractivity contribution is -0.200. The second-order valence-electron chi connectivity index (χ2n) is 49.8. The van der Waals surface area contributed by atoms with E-state index in [1.54, 1.807) is 51.7 Å². The summed E-state index contributed by atoms with van der Waals surface area (Å²) in [4.78, 5) is 56.2. The Hall–Kier alpha value is -5.41. The molecule has 2 aliphatic heterocycles. The molecule has 0 spiro atoms. The van der Waals surface area contributed by atoms with Crippen molar-refractivity contribution in [3.8, 4) is 0 Å². The first-order valence-corrected chi connectivity index (χ1v) is 51.3. The number of allylic oxidation sites excluding steroid dienone is 7. The summed E-state index contributed by atoms with van der Waals surface area (Å²) in [5.74, 6) is 0.392. The Morgan fingerprint density at radius 3 is 1.21 bits per heavy atom. The number of aliphatic hydroxyl groups excluding tert-OH is 2. The molecule has 0 aromatic carbocycles. The highest BCUT2D eigenvalue weighted by Crippen LogP contribution is 2.81. The maximum Gasteiger partial charge on any atom is 0.335 e. The average molecular weight is 1960 g/mol.